The summed E-state index contributed by atoms with van der Waals surface area (Å²) in [5.74, 6) is 0. The number of hydrogen-bond acceptors (Lipinski definition) is 5. The highest BCUT2D eigenvalue weighted by atomic mass is 19.4. The van der Waals surface area contributed by atoms with Crippen molar-refractivity contribution >= 4 is 22.1 Å². The van der Waals surface area contributed by atoms with Crippen LogP contribution in [0.25, 0.3) is 10.8 Å². The van der Waals surface area contributed by atoms with E-state index >= 15 is 0 Å². The van der Waals surface area contributed by atoms with Crippen LogP contribution in [0.1, 0.15) is 16.7 Å². The molecule has 0 aliphatic carbocycles. The van der Waals surface area contributed by atoms with Crippen molar-refractivity contribution in [2.75, 3.05) is 11.5 Å². The molecule has 2 rings (SSSR count). The van der Waals surface area contributed by atoms with Crippen molar-refractivity contribution in [3.8, 4) is 0 Å². The van der Waals surface area contributed by atoms with Crippen molar-refractivity contribution in [3.05, 3.63) is 34.9 Å². The fourth-order valence-corrected chi connectivity index (χ4v) is 3.90. The molecule has 0 atom stereocenters. The van der Waals surface area contributed by atoms with E-state index in [4.69, 9.17) is 11.5 Å². The Morgan fingerprint density at radius 2 is 0.762 bits per heavy atom. The fourth-order valence-electron chi connectivity index (χ4n) is 3.90. The van der Waals surface area contributed by atoms with Gasteiger partial charge in [0.25, 0.3) is 16.8 Å². The van der Waals surface area contributed by atoms with E-state index in [9.17, 15) is 94.3 Å². The number of rotatable bonds is 3. The van der Waals surface area contributed by atoms with Gasteiger partial charge >= 0.3 is 37.1 Å². The van der Waals surface area contributed by atoms with Crippen LogP contribution in [0.2, 0.25) is 0 Å². The molecule has 2 aromatic rings. The van der Waals surface area contributed by atoms with E-state index < -0.39 is 105 Å². The van der Waals surface area contributed by atoms with Crippen LogP contribution < -0.4 is 11.5 Å². The number of aliphatic hydroxyl groups is 3. The summed E-state index contributed by atoms with van der Waals surface area (Å²) < 4.78 is 246. The third-order valence-electron chi connectivity index (χ3n) is 5.98. The quantitative estimate of drug-likeness (QED) is 0.208. The van der Waals surface area contributed by atoms with Crippen LogP contribution in [-0.2, 0) is 16.8 Å². The summed E-state index contributed by atoms with van der Waals surface area (Å²) in [6.45, 7) is 0. The van der Waals surface area contributed by atoms with E-state index in [2.05, 4.69) is 0 Å². The number of alkyl halides is 18. The Balaban J connectivity index is 3.65. The van der Waals surface area contributed by atoms with Gasteiger partial charge in [-0.3, -0.25) is 0 Å². The molecular formula is C19H10F18N2O3. The van der Waals surface area contributed by atoms with Crippen molar-refractivity contribution in [2.45, 2.75) is 53.9 Å². The van der Waals surface area contributed by atoms with Crippen LogP contribution in [0, 0.1) is 0 Å². The predicted molar refractivity (Wildman–Crippen MR) is 101 cm³/mol. The SMILES string of the molecule is Nc1c(C(O)(C(F)(F)F)C(F)(F)F)cc2c(N)ccc(C(O)(C(F)(F)F)C(F)(F)F)c2c1C(O)(C(F)(F)F)C(F)(F)F. The molecule has 0 aliphatic rings. The summed E-state index contributed by atoms with van der Waals surface area (Å²) in [6.07, 6.45) is -43.5. The van der Waals surface area contributed by atoms with E-state index in [1.165, 1.54) is 0 Å². The fraction of sp³-hybridized carbons (Fsp3) is 0.474. The van der Waals surface area contributed by atoms with Gasteiger partial charge in [-0.15, -0.1) is 0 Å². The molecule has 0 heterocycles. The van der Waals surface area contributed by atoms with Gasteiger partial charge in [-0.25, -0.2) is 0 Å². The third kappa shape index (κ3) is 4.59. The maximum Gasteiger partial charge on any atom is 0.430 e. The summed E-state index contributed by atoms with van der Waals surface area (Å²) in [6, 6.07) is -1.99. The topological polar surface area (TPSA) is 113 Å². The summed E-state index contributed by atoms with van der Waals surface area (Å²) in [4.78, 5) is 0. The Bertz CT molecular complexity index is 1320. The lowest BCUT2D eigenvalue weighted by Gasteiger charge is -2.40. The molecule has 0 spiro atoms. The van der Waals surface area contributed by atoms with Crippen molar-refractivity contribution in [3.63, 3.8) is 0 Å². The van der Waals surface area contributed by atoms with Crippen LogP contribution in [0.3, 0.4) is 0 Å². The zero-order chi connectivity index (χ0) is 33.7. The smallest absolute Gasteiger partial charge is 0.398 e. The maximum atomic E-state index is 13.8. The zero-order valence-electron chi connectivity index (χ0n) is 19.0. The minimum atomic E-state index is -7.45. The van der Waals surface area contributed by atoms with Crippen molar-refractivity contribution in [1.29, 1.82) is 0 Å². The first-order valence-corrected chi connectivity index (χ1v) is 9.89. The molecule has 23 heteroatoms. The minimum absolute atomic E-state index is 0.287. The highest BCUT2D eigenvalue weighted by Gasteiger charge is 2.77. The largest absolute Gasteiger partial charge is 0.430 e. The number of nitrogens with two attached hydrogens (primary N) is 2. The zero-order valence-corrected chi connectivity index (χ0v) is 19.0. The Morgan fingerprint density at radius 1 is 0.452 bits per heavy atom. The minimum Gasteiger partial charge on any atom is -0.398 e. The van der Waals surface area contributed by atoms with Gasteiger partial charge < -0.3 is 26.8 Å². The Kier molecular flexibility index (Phi) is 7.70. The second kappa shape index (κ2) is 9.21. The number of halogens is 18. The molecule has 0 aromatic heterocycles. The number of anilines is 2. The van der Waals surface area contributed by atoms with Gasteiger partial charge in [-0.1, -0.05) is 6.07 Å². The van der Waals surface area contributed by atoms with E-state index in [1.54, 1.807) is 0 Å². The van der Waals surface area contributed by atoms with E-state index in [0.29, 0.717) is 0 Å². The van der Waals surface area contributed by atoms with Crippen molar-refractivity contribution < 1.29 is 94.3 Å². The summed E-state index contributed by atoms with van der Waals surface area (Å²) in [7, 11) is 0. The molecule has 0 bridgehead atoms. The first kappa shape index (κ1) is 35.1. The molecule has 0 saturated heterocycles. The number of benzene rings is 2. The Labute approximate surface area is 217 Å². The van der Waals surface area contributed by atoms with Crippen LogP contribution in [0.5, 0.6) is 0 Å². The normalized spacial score (nSPS) is 15.5. The summed E-state index contributed by atoms with van der Waals surface area (Å²) in [5, 5.41) is 23.9. The Hall–Kier alpha value is -3.08. The third-order valence-corrected chi connectivity index (χ3v) is 5.98. The van der Waals surface area contributed by atoms with Crippen LogP contribution in [0.15, 0.2) is 18.2 Å². The number of hydrogen-bond donors (Lipinski definition) is 5. The second-order valence-corrected chi connectivity index (χ2v) is 8.46. The van der Waals surface area contributed by atoms with Crippen molar-refractivity contribution in [1.82, 2.24) is 0 Å². The molecule has 0 radical (unpaired) electrons. The second-order valence-electron chi connectivity index (χ2n) is 8.46. The molecule has 240 valence electrons. The Morgan fingerprint density at radius 3 is 1.07 bits per heavy atom. The maximum absolute atomic E-state index is 13.8. The van der Waals surface area contributed by atoms with Gasteiger partial charge in [0.15, 0.2) is 0 Å². The lowest BCUT2D eigenvalue weighted by molar-refractivity contribution is -0.377. The van der Waals surface area contributed by atoms with Crippen LogP contribution in [0.4, 0.5) is 90.4 Å². The molecule has 0 amide bonds. The van der Waals surface area contributed by atoms with Gasteiger partial charge in [0.05, 0.1) is 0 Å². The molecule has 0 fully saturated rings. The van der Waals surface area contributed by atoms with Gasteiger partial charge in [0.2, 0.25) is 0 Å². The van der Waals surface area contributed by atoms with Gasteiger partial charge in [0.1, 0.15) is 0 Å². The van der Waals surface area contributed by atoms with Crippen LogP contribution >= 0.6 is 0 Å². The standard InChI is InChI=1S/C19H10F18N2O3/c20-14(21,22)11(40,15(23,24)25)5-1-2-7(38)4-3-6(12(41,16(26,27)28)17(29,30)31)10(39)9(8(4)5)13(42,18(32,33)34)19(35,36)37/h1-3,40-42H,38-39H2. The molecule has 0 saturated carbocycles. The van der Waals surface area contributed by atoms with E-state index in [0.717, 1.165) is 0 Å². The lowest BCUT2D eigenvalue weighted by atomic mass is 9.76. The van der Waals surface area contributed by atoms with Crippen LogP contribution in [-0.4, -0.2) is 52.4 Å². The van der Waals surface area contributed by atoms with Crippen molar-refractivity contribution in [2.24, 2.45) is 0 Å². The average Bonchev–Trinajstić information content (AvgIpc) is 2.73. The lowest BCUT2D eigenvalue weighted by Crippen LogP contribution is -2.57. The molecule has 7 N–H and O–H groups in total. The molecule has 42 heavy (non-hydrogen) atoms. The highest BCUT2D eigenvalue weighted by Crippen LogP contribution is 2.61. The highest BCUT2D eigenvalue weighted by molar-refractivity contribution is 6.02. The van der Waals surface area contributed by atoms with E-state index in [-0.39, 0.29) is 6.07 Å². The summed E-state index contributed by atoms with van der Waals surface area (Å²) in [5.41, 5.74) is -25.3. The molecule has 5 nitrogen and oxygen atoms in total. The molecule has 2 aromatic carbocycles. The molecular weight excluding hydrogens is 646 g/mol. The number of nitrogen functional groups attached to an aromatic ring is 2. The first-order valence-electron chi connectivity index (χ1n) is 9.89. The molecule has 0 aliphatic heterocycles. The van der Waals surface area contributed by atoms with E-state index in [1.807, 2.05) is 0 Å². The van der Waals surface area contributed by atoms with Gasteiger partial charge in [0, 0.05) is 33.5 Å². The number of fused-ring (bicyclic) bond motifs is 1. The monoisotopic (exact) mass is 656 g/mol. The predicted octanol–water partition coefficient (Wildman–Crippen LogP) is 5.94. The van der Waals surface area contributed by atoms with Gasteiger partial charge in [-0.05, 0) is 17.5 Å². The van der Waals surface area contributed by atoms with Gasteiger partial charge in [-0.2, -0.15) is 79.0 Å². The summed E-state index contributed by atoms with van der Waals surface area (Å²) >= 11 is 0. The first-order chi connectivity index (χ1) is 18.2. The average molecular weight is 656 g/mol. The molecule has 0 unspecified atom stereocenters.